The van der Waals surface area contributed by atoms with Gasteiger partial charge in [-0.15, -0.1) is 5.46 Å². The molecule has 2 radical (unpaired) electrons. The molecule has 0 unspecified atom stereocenters. The first-order chi connectivity index (χ1) is 5.09. The summed E-state index contributed by atoms with van der Waals surface area (Å²) in [5.41, 5.74) is 1.91. The van der Waals surface area contributed by atoms with Crippen LogP contribution in [-0.2, 0) is 37.1 Å². The van der Waals surface area contributed by atoms with E-state index in [1.807, 2.05) is 0 Å². The van der Waals surface area contributed by atoms with Crippen LogP contribution in [0.25, 0.3) is 0 Å². The van der Waals surface area contributed by atoms with Gasteiger partial charge in [-0.2, -0.15) is 43.2 Å². The Kier molecular flexibility index (Phi) is 17.3. The van der Waals surface area contributed by atoms with Crippen LogP contribution < -0.4 is 5.46 Å². The van der Waals surface area contributed by atoms with Gasteiger partial charge in [0.25, 0.3) is 0 Å². The summed E-state index contributed by atoms with van der Waals surface area (Å²) in [5, 5.41) is 17.5. The van der Waals surface area contributed by atoms with E-state index in [1.165, 1.54) is 0 Å². The maximum atomic E-state index is 8.77. The van der Waals surface area contributed by atoms with E-state index in [2.05, 4.69) is 13.8 Å². The number of hydrogen-bond donors (Lipinski definition) is 2. The van der Waals surface area contributed by atoms with E-state index in [9.17, 15) is 0 Å². The molecule has 0 amide bonds. The van der Waals surface area contributed by atoms with E-state index in [1.54, 1.807) is 18.2 Å². The van der Waals surface area contributed by atoms with E-state index in [0.29, 0.717) is 5.46 Å². The third kappa shape index (κ3) is 7.98. The van der Waals surface area contributed by atoms with Gasteiger partial charge in [-0.1, -0.05) is 0 Å². The van der Waals surface area contributed by atoms with Crippen molar-refractivity contribution in [1.29, 1.82) is 0 Å². The van der Waals surface area contributed by atoms with E-state index in [0.717, 1.165) is 11.1 Å². The Morgan fingerprint density at radius 3 is 1.47 bits per heavy atom. The van der Waals surface area contributed by atoms with Crippen LogP contribution in [0.4, 0.5) is 0 Å². The zero-order valence-electron chi connectivity index (χ0n) is 9.01. The molecule has 2 N–H and O–H groups in total. The van der Waals surface area contributed by atoms with Crippen LogP contribution in [0.5, 0.6) is 0 Å². The summed E-state index contributed by atoms with van der Waals surface area (Å²) in [6.07, 6.45) is 0. The molecule has 0 aliphatic carbocycles. The number of benzene rings is 1. The van der Waals surface area contributed by atoms with E-state index in [-0.39, 0.29) is 52.0 Å². The molecule has 2 nitrogen and oxygen atoms in total. The smallest absolute Gasteiger partial charge is 0.425 e. The molecule has 1 aromatic rings. The maximum Gasteiger partial charge on any atom is 2.00 e. The minimum absolute atomic E-state index is 0. The molecular formula is C10H15BO2V2. The standard InChI is InChI=1S/C8H9BO2.2CH3.2V/c1-6-3-7(2)5-8(4-6)9(10)11;;;;/h3-5,10-11H,1-2H2;2*1H3;;/q-2;2*-1;2*+2. The van der Waals surface area contributed by atoms with Crippen molar-refractivity contribution in [1.82, 2.24) is 0 Å². The van der Waals surface area contributed by atoms with Crippen molar-refractivity contribution in [3.05, 3.63) is 58.0 Å². The van der Waals surface area contributed by atoms with Crippen LogP contribution in [0, 0.1) is 28.7 Å². The Hall–Kier alpha value is 0.114. The fourth-order valence-corrected chi connectivity index (χ4v) is 0.940. The average molecular weight is 280 g/mol. The summed E-state index contributed by atoms with van der Waals surface area (Å²) in [5.74, 6) is 0. The Bertz CT molecular complexity index is 247. The Labute approximate surface area is 117 Å². The monoisotopic (exact) mass is 280 g/mol. The molecule has 80 valence electrons. The summed E-state index contributed by atoms with van der Waals surface area (Å²) in [6, 6.07) is 4.99. The first kappa shape index (κ1) is 24.4. The minimum Gasteiger partial charge on any atom is -0.425 e. The molecule has 0 aromatic heterocycles. The van der Waals surface area contributed by atoms with Gasteiger partial charge in [0, 0.05) is 0 Å². The molecule has 1 rings (SSSR count). The maximum absolute atomic E-state index is 8.77. The van der Waals surface area contributed by atoms with Crippen LogP contribution in [0.2, 0.25) is 0 Å². The van der Waals surface area contributed by atoms with Gasteiger partial charge in [0.15, 0.2) is 0 Å². The quantitative estimate of drug-likeness (QED) is 0.585. The summed E-state index contributed by atoms with van der Waals surface area (Å²) in [6.45, 7) is 7.32. The van der Waals surface area contributed by atoms with Crippen molar-refractivity contribution >= 4 is 12.6 Å². The van der Waals surface area contributed by atoms with Gasteiger partial charge in [-0.25, -0.2) is 0 Å². The summed E-state index contributed by atoms with van der Waals surface area (Å²) in [4.78, 5) is 0. The predicted octanol–water partition coefficient (Wildman–Crippen LogP) is 0.626. The fraction of sp³-hybridized carbons (Fsp3) is 0. The molecule has 5 heteroatoms. The van der Waals surface area contributed by atoms with Crippen molar-refractivity contribution in [3.8, 4) is 0 Å². The molecular weight excluding hydrogens is 265 g/mol. The van der Waals surface area contributed by atoms with E-state index >= 15 is 0 Å². The number of rotatable bonds is 1. The third-order valence-corrected chi connectivity index (χ3v) is 1.37. The molecule has 0 spiro atoms. The second-order valence-corrected chi connectivity index (χ2v) is 2.46. The van der Waals surface area contributed by atoms with Crippen LogP contribution in [0.3, 0.4) is 0 Å². The molecule has 0 heterocycles. The molecule has 0 atom stereocenters. The summed E-state index contributed by atoms with van der Waals surface area (Å²) >= 11 is 0. The van der Waals surface area contributed by atoms with Gasteiger partial charge in [0.05, 0.1) is 0 Å². The van der Waals surface area contributed by atoms with Gasteiger partial charge >= 0.3 is 44.2 Å². The molecule has 15 heavy (non-hydrogen) atoms. The summed E-state index contributed by atoms with van der Waals surface area (Å²) < 4.78 is 0. The molecule has 0 bridgehead atoms. The molecule has 0 saturated carbocycles. The topological polar surface area (TPSA) is 40.5 Å². The van der Waals surface area contributed by atoms with Crippen LogP contribution >= 0.6 is 0 Å². The predicted molar refractivity (Wildman–Crippen MR) is 58.0 cm³/mol. The minimum atomic E-state index is -1.43. The van der Waals surface area contributed by atoms with Crippen LogP contribution in [0.15, 0.2) is 18.2 Å². The molecule has 0 aliphatic rings. The van der Waals surface area contributed by atoms with Gasteiger partial charge in [-0.05, 0) is 0 Å². The van der Waals surface area contributed by atoms with Gasteiger partial charge in [0.1, 0.15) is 0 Å². The number of hydrogen-bond acceptors (Lipinski definition) is 2. The third-order valence-electron chi connectivity index (χ3n) is 1.37. The summed E-state index contributed by atoms with van der Waals surface area (Å²) in [7, 11) is -1.43. The molecule has 1 aromatic carbocycles. The second kappa shape index (κ2) is 10.6. The van der Waals surface area contributed by atoms with Crippen molar-refractivity contribution in [3.63, 3.8) is 0 Å². The fourth-order valence-electron chi connectivity index (χ4n) is 0.940. The largest absolute Gasteiger partial charge is 2.00 e. The normalized spacial score (nSPS) is 7.07. The molecule has 0 aliphatic heterocycles. The average Bonchev–Trinajstić information content (AvgIpc) is 1.85. The van der Waals surface area contributed by atoms with Gasteiger partial charge in [0.2, 0.25) is 0 Å². The van der Waals surface area contributed by atoms with Crippen LogP contribution in [0.1, 0.15) is 11.1 Å². The molecule has 0 saturated heterocycles. The zero-order valence-corrected chi connectivity index (χ0v) is 11.8. The first-order valence-corrected chi connectivity index (χ1v) is 3.24. The van der Waals surface area contributed by atoms with Crippen molar-refractivity contribution in [2.75, 3.05) is 0 Å². The van der Waals surface area contributed by atoms with Crippen molar-refractivity contribution in [2.24, 2.45) is 0 Å². The Balaban J connectivity index is -0.000000151. The zero-order chi connectivity index (χ0) is 8.43. The Morgan fingerprint density at radius 2 is 1.20 bits per heavy atom. The Morgan fingerprint density at radius 1 is 0.867 bits per heavy atom. The van der Waals surface area contributed by atoms with Gasteiger partial charge in [-0.3, -0.25) is 0 Å². The van der Waals surface area contributed by atoms with Crippen molar-refractivity contribution in [2.45, 2.75) is 0 Å². The SMILES string of the molecule is [CH2-]c1cc([CH2-])cc(B(O)O)c1.[CH3-].[CH3-].[V+2].[V+2]. The van der Waals surface area contributed by atoms with Crippen LogP contribution in [-0.4, -0.2) is 17.2 Å². The first-order valence-electron chi connectivity index (χ1n) is 3.24. The molecule has 0 fully saturated rings. The van der Waals surface area contributed by atoms with E-state index < -0.39 is 7.12 Å². The van der Waals surface area contributed by atoms with E-state index in [4.69, 9.17) is 10.0 Å². The second-order valence-electron chi connectivity index (χ2n) is 2.46. The van der Waals surface area contributed by atoms with Gasteiger partial charge < -0.3 is 24.9 Å². The van der Waals surface area contributed by atoms with Crippen molar-refractivity contribution < 1.29 is 47.2 Å².